The van der Waals surface area contributed by atoms with Crippen LogP contribution in [0.2, 0.25) is 0 Å². The van der Waals surface area contributed by atoms with Gasteiger partial charge in [-0.3, -0.25) is 14.5 Å². The minimum atomic E-state index is -0.348. The SMILES string of the molecule is CCN1CCC2(CC1)CC(=O)N(CC)C2=O. The Bertz CT molecular complexity index is 306. The summed E-state index contributed by atoms with van der Waals surface area (Å²) in [5, 5.41) is 0. The molecule has 2 heterocycles. The predicted molar refractivity (Wildman–Crippen MR) is 60.8 cm³/mol. The maximum absolute atomic E-state index is 12.2. The van der Waals surface area contributed by atoms with E-state index in [0.29, 0.717) is 13.0 Å². The molecule has 0 aromatic carbocycles. The smallest absolute Gasteiger partial charge is 0.235 e. The molecule has 0 aromatic heterocycles. The first kappa shape index (κ1) is 11.6. The summed E-state index contributed by atoms with van der Waals surface area (Å²) in [7, 11) is 0. The van der Waals surface area contributed by atoms with Crippen molar-refractivity contribution in [3.63, 3.8) is 0 Å². The monoisotopic (exact) mass is 224 g/mol. The summed E-state index contributed by atoms with van der Waals surface area (Å²) in [5.74, 6) is 0.105. The number of likely N-dealkylation sites (tertiary alicyclic amines) is 2. The van der Waals surface area contributed by atoms with Crippen molar-refractivity contribution in [2.45, 2.75) is 33.1 Å². The minimum Gasteiger partial charge on any atom is -0.304 e. The molecule has 1 spiro atoms. The van der Waals surface area contributed by atoms with Gasteiger partial charge in [0.15, 0.2) is 0 Å². The van der Waals surface area contributed by atoms with E-state index in [-0.39, 0.29) is 17.2 Å². The molecule has 2 rings (SSSR count). The van der Waals surface area contributed by atoms with E-state index in [9.17, 15) is 9.59 Å². The van der Waals surface area contributed by atoms with Crippen LogP contribution in [0.15, 0.2) is 0 Å². The maximum Gasteiger partial charge on any atom is 0.235 e. The van der Waals surface area contributed by atoms with Gasteiger partial charge < -0.3 is 4.90 Å². The molecule has 4 heteroatoms. The average Bonchev–Trinajstić information content (AvgIpc) is 2.52. The van der Waals surface area contributed by atoms with Crippen LogP contribution in [0.3, 0.4) is 0 Å². The van der Waals surface area contributed by atoms with E-state index < -0.39 is 0 Å². The highest BCUT2D eigenvalue weighted by Crippen LogP contribution is 2.41. The first-order valence-corrected chi connectivity index (χ1v) is 6.20. The largest absolute Gasteiger partial charge is 0.304 e. The third-order valence-corrected chi connectivity index (χ3v) is 4.07. The standard InChI is InChI=1S/C12H20N2O2/c1-3-13-7-5-12(6-8-13)9-10(15)14(4-2)11(12)16/h3-9H2,1-2H3. The number of rotatable bonds is 2. The molecule has 4 nitrogen and oxygen atoms in total. The third-order valence-electron chi connectivity index (χ3n) is 4.07. The molecule has 0 unspecified atom stereocenters. The predicted octanol–water partition coefficient (Wildman–Crippen LogP) is 0.867. The van der Waals surface area contributed by atoms with Crippen LogP contribution < -0.4 is 0 Å². The number of carbonyl (C=O) groups is 2. The van der Waals surface area contributed by atoms with Crippen LogP contribution in [0.4, 0.5) is 0 Å². The van der Waals surface area contributed by atoms with Crippen molar-refractivity contribution in [3.8, 4) is 0 Å². The summed E-state index contributed by atoms with van der Waals surface area (Å²) in [6.07, 6.45) is 2.14. The van der Waals surface area contributed by atoms with Gasteiger partial charge >= 0.3 is 0 Å². The second kappa shape index (κ2) is 4.17. The molecular weight excluding hydrogens is 204 g/mol. The maximum atomic E-state index is 12.2. The van der Waals surface area contributed by atoms with Gasteiger partial charge in [0, 0.05) is 13.0 Å². The summed E-state index contributed by atoms with van der Waals surface area (Å²) < 4.78 is 0. The Morgan fingerprint density at radius 2 is 1.75 bits per heavy atom. The summed E-state index contributed by atoms with van der Waals surface area (Å²) in [6.45, 7) is 7.47. The van der Waals surface area contributed by atoms with E-state index in [1.807, 2.05) is 6.92 Å². The van der Waals surface area contributed by atoms with E-state index in [1.165, 1.54) is 4.90 Å². The first-order chi connectivity index (χ1) is 7.63. The van der Waals surface area contributed by atoms with Crippen molar-refractivity contribution < 1.29 is 9.59 Å². The van der Waals surface area contributed by atoms with Crippen LogP contribution in [0, 0.1) is 5.41 Å². The number of hydrogen-bond donors (Lipinski definition) is 0. The Hall–Kier alpha value is -0.900. The highest BCUT2D eigenvalue weighted by Gasteiger charge is 2.51. The van der Waals surface area contributed by atoms with Gasteiger partial charge in [-0.25, -0.2) is 0 Å². The quantitative estimate of drug-likeness (QED) is 0.653. The summed E-state index contributed by atoms with van der Waals surface area (Å²) in [5.41, 5.74) is -0.348. The lowest BCUT2D eigenvalue weighted by molar-refractivity contribution is -0.142. The fourth-order valence-electron chi connectivity index (χ4n) is 2.87. The second-order valence-corrected chi connectivity index (χ2v) is 4.83. The Balaban J connectivity index is 2.11. The van der Waals surface area contributed by atoms with Crippen molar-refractivity contribution in [2.24, 2.45) is 5.41 Å². The van der Waals surface area contributed by atoms with Crippen molar-refractivity contribution >= 4 is 11.8 Å². The van der Waals surface area contributed by atoms with Crippen LogP contribution in [-0.4, -0.2) is 47.8 Å². The Kier molecular flexibility index (Phi) is 3.02. The summed E-state index contributed by atoms with van der Waals surface area (Å²) in [4.78, 5) is 27.7. The van der Waals surface area contributed by atoms with Crippen molar-refractivity contribution in [1.29, 1.82) is 0 Å². The Morgan fingerprint density at radius 1 is 1.12 bits per heavy atom. The van der Waals surface area contributed by atoms with Gasteiger partial charge in [0.2, 0.25) is 11.8 Å². The molecule has 0 N–H and O–H groups in total. The zero-order chi connectivity index (χ0) is 11.8. The van der Waals surface area contributed by atoms with E-state index in [2.05, 4.69) is 11.8 Å². The molecule has 2 aliphatic heterocycles. The van der Waals surface area contributed by atoms with Gasteiger partial charge in [-0.05, 0) is 39.4 Å². The zero-order valence-electron chi connectivity index (χ0n) is 10.2. The second-order valence-electron chi connectivity index (χ2n) is 4.83. The van der Waals surface area contributed by atoms with E-state index in [4.69, 9.17) is 0 Å². The lowest BCUT2D eigenvalue weighted by atomic mass is 9.77. The van der Waals surface area contributed by atoms with Gasteiger partial charge in [-0.1, -0.05) is 6.92 Å². The number of amides is 2. The highest BCUT2D eigenvalue weighted by molar-refractivity contribution is 6.05. The van der Waals surface area contributed by atoms with Gasteiger partial charge in [0.25, 0.3) is 0 Å². The van der Waals surface area contributed by atoms with Gasteiger partial charge in [-0.15, -0.1) is 0 Å². The zero-order valence-corrected chi connectivity index (χ0v) is 10.2. The lowest BCUT2D eigenvalue weighted by Gasteiger charge is -2.36. The van der Waals surface area contributed by atoms with Crippen molar-refractivity contribution in [2.75, 3.05) is 26.2 Å². The first-order valence-electron chi connectivity index (χ1n) is 6.20. The van der Waals surface area contributed by atoms with Crippen LogP contribution in [0.1, 0.15) is 33.1 Å². The van der Waals surface area contributed by atoms with Crippen LogP contribution in [0.5, 0.6) is 0 Å². The number of hydrogen-bond acceptors (Lipinski definition) is 3. The molecule has 2 aliphatic rings. The molecule has 0 atom stereocenters. The summed E-state index contributed by atoms with van der Waals surface area (Å²) in [6, 6.07) is 0. The summed E-state index contributed by atoms with van der Waals surface area (Å²) >= 11 is 0. The number of nitrogens with zero attached hydrogens (tertiary/aromatic N) is 2. The van der Waals surface area contributed by atoms with Crippen LogP contribution in [-0.2, 0) is 9.59 Å². The molecule has 0 aliphatic carbocycles. The molecule has 0 bridgehead atoms. The molecule has 0 saturated carbocycles. The number of carbonyl (C=O) groups excluding carboxylic acids is 2. The molecule has 16 heavy (non-hydrogen) atoms. The molecular formula is C12H20N2O2. The number of piperidine rings is 1. The topological polar surface area (TPSA) is 40.6 Å². The van der Waals surface area contributed by atoms with Crippen LogP contribution in [0.25, 0.3) is 0 Å². The molecule has 2 amide bonds. The Morgan fingerprint density at radius 3 is 2.19 bits per heavy atom. The molecule has 2 fully saturated rings. The van der Waals surface area contributed by atoms with Crippen molar-refractivity contribution in [3.05, 3.63) is 0 Å². The molecule has 0 aromatic rings. The van der Waals surface area contributed by atoms with E-state index >= 15 is 0 Å². The third kappa shape index (κ3) is 1.65. The van der Waals surface area contributed by atoms with Gasteiger partial charge in [0.05, 0.1) is 5.41 Å². The Labute approximate surface area is 96.6 Å². The molecule has 90 valence electrons. The van der Waals surface area contributed by atoms with Gasteiger partial charge in [0.1, 0.15) is 0 Å². The normalized spacial score (nSPS) is 25.8. The molecule has 0 radical (unpaired) electrons. The van der Waals surface area contributed by atoms with Gasteiger partial charge in [-0.2, -0.15) is 0 Å². The lowest BCUT2D eigenvalue weighted by Crippen LogP contribution is -2.44. The van der Waals surface area contributed by atoms with E-state index in [0.717, 1.165) is 32.5 Å². The molecule has 2 saturated heterocycles. The van der Waals surface area contributed by atoms with Crippen molar-refractivity contribution in [1.82, 2.24) is 9.80 Å². The van der Waals surface area contributed by atoms with E-state index in [1.54, 1.807) is 0 Å². The highest BCUT2D eigenvalue weighted by atomic mass is 16.2. The number of imide groups is 1. The van der Waals surface area contributed by atoms with Crippen LogP contribution >= 0.6 is 0 Å². The minimum absolute atomic E-state index is 0.0254. The fourth-order valence-corrected chi connectivity index (χ4v) is 2.87. The fraction of sp³-hybridized carbons (Fsp3) is 0.833. The average molecular weight is 224 g/mol.